The quantitative estimate of drug-likeness (QED) is 0.504. The number of rotatable bonds is 5. The largest absolute Gasteiger partial charge is 0.286 e. The number of unbranched alkanes of at least 4 members (excludes halogenated alkanes) is 1. The molecule has 0 unspecified atom stereocenters. The Morgan fingerprint density at radius 2 is 2.11 bits per heavy atom. The van der Waals surface area contributed by atoms with Crippen LogP contribution in [0.2, 0.25) is 0 Å². The summed E-state index contributed by atoms with van der Waals surface area (Å²) in [5.41, 5.74) is 1.16. The van der Waals surface area contributed by atoms with Crippen LogP contribution in [0, 0.1) is 6.92 Å². The van der Waals surface area contributed by atoms with Gasteiger partial charge in [-0.15, -0.1) is 0 Å². The van der Waals surface area contributed by atoms with Crippen LogP contribution >= 0.6 is 27.3 Å². The van der Waals surface area contributed by atoms with Gasteiger partial charge in [0.1, 0.15) is 11.2 Å². The summed E-state index contributed by atoms with van der Waals surface area (Å²) in [5.74, 6) is -0.168. The van der Waals surface area contributed by atoms with E-state index in [4.69, 9.17) is 4.55 Å². The number of nitrogens with zero attached hydrogens (tertiary/aromatic N) is 1. The van der Waals surface area contributed by atoms with Gasteiger partial charge in [-0.25, -0.2) is 0 Å². The SMILES string of the molecule is Cc1sc2ccc(Br)cc2[n+]1CCCCS(=O)(=O)O. The van der Waals surface area contributed by atoms with Gasteiger partial charge >= 0.3 is 0 Å². The molecule has 0 radical (unpaired) electrons. The molecule has 0 aliphatic heterocycles. The molecule has 1 heterocycles. The van der Waals surface area contributed by atoms with E-state index in [1.807, 2.05) is 6.07 Å². The molecular formula is C12H15BrNO3S2+. The van der Waals surface area contributed by atoms with E-state index >= 15 is 0 Å². The molecule has 0 spiro atoms. The number of aromatic nitrogens is 1. The van der Waals surface area contributed by atoms with Crippen molar-refractivity contribution in [3.63, 3.8) is 0 Å². The fraction of sp³-hybridized carbons (Fsp3) is 0.417. The van der Waals surface area contributed by atoms with Gasteiger partial charge in [0.15, 0.2) is 0 Å². The first kappa shape index (κ1) is 14.9. The van der Waals surface area contributed by atoms with Crippen LogP contribution in [0.3, 0.4) is 0 Å². The molecule has 0 amide bonds. The number of halogens is 1. The lowest BCUT2D eigenvalue weighted by Crippen LogP contribution is -2.35. The van der Waals surface area contributed by atoms with Crippen LogP contribution in [0.25, 0.3) is 10.2 Å². The molecule has 19 heavy (non-hydrogen) atoms. The van der Waals surface area contributed by atoms with Crippen molar-refractivity contribution in [2.45, 2.75) is 26.3 Å². The molecule has 1 N–H and O–H groups in total. The van der Waals surface area contributed by atoms with E-state index in [-0.39, 0.29) is 5.75 Å². The Kier molecular flexibility index (Phi) is 4.60. The molecule has 0 aliphatic rings. The molecule has 0 saturated carbocycles. The van der Waals surface area contributed by atoms with E-state index in [0.717, 1.165) is 23.0 Å². The molecule has 2 aromatic rings. The summed E-state index contributed by atoms with van der Waals surface area (Å²) in [6.07, 6.45) is 1.19. The zero-order valence-corrected chi connectivity index (χ0v) is 13.7. The fourth-order valence-electron chi connectivity index (χ4n) is 2.00. The highest BCUT2D eigenvalue weighted by Gasteiger charge is 2.17. The van der Waals surface area contributed by atoms with Crippen LogP contribution < -0.4 is 4.57 Å². The van der Waals surface area contributed by atoms with Gasteiger partial charge < -0.3 is 0 Å². The highest BCUT2D eigenvalue weighted by atomic mass is 79.9. The van der Waals surface area contributed by atoms with Crippen molar-refractivity contribution in [2.24, 2.45) is 0 Å². The Balaban J connectivity index is 2.12. The number of fused-ring (bicyclic) bond motifs is 1. The molecular weight excluding hydrogens is 350 g/mol. The Hall–Kier alpha value is -0.500. The lowest BCUT2D eigenvalue weighted by atomic mass is 10.3. The predicted octanol–water partition coefficient (Wildman–Crippen LogP) is 2.93. The van der Waals surface area contributed by atoms with Crippen molar-refractivity contribution < 1.29 is 17.5 Å². The Morgan fingerprint density at radius 1 is 1.37 bits per heavy atom. The lowest BCUT2D eigenvalue weighted by molar-refractivity contribution is -0.673. The number of hydrogen-bond acceptors (Lipinski definition) is 3. The highest BCUT2D eigenvalue weighted by molar-refractivity contribution is 9.10. The summed E-state index contributed by atoms with van der Waals surface area (Å²) in [7, 11) is -3.84. The number of thiazole rings is 1. The minimum atomic E-state index is -3.84. The van der Waals surface area contributed by atoms with Crippen molar-refractivity contribution in [2.75, 3.05) is 5.75 Å². The zero-order valence-electron chi connectivity index (χ0n) is 10.5. The molecule has 0 aliphatic carbocycles. The molecule has 104 valence electrons. The zero-order chi connectivity index (χ0) is 14.0. The van der Waals surface area contributed by atoms with Crippen molar-refractivity contribution in [1.29, 1.82) is 0 Å². The topological polar surface area (TPSA) is 58.2 Å². The minimum absolute atomic E-state index is 0.168. The third-order valence-electron chi connectivity index (χ3n) is 2.88. The van der Waals surface area contributed by atoms with Crippen LogP contribution in [0.15, 0.2) is 22.7 Å². The van der Waals surface area contributed by atoms with Gasteiger partial charge in [0.05, 0.1) is 5.75 Å². The first-order chi connectivity index (χ1) is 8.87. The van der Waals surface area contributed by atoms with Crippen molar-refractivity contribution in [3.8, 4) is 0 Å². The van der Waals surface area contributed by atoms with E-state index in [2.05, 4.69) is 39.6 Å². The van der Waals surface area contributed by atoms with Gasteiger partial charge in [0.2, 0.25) is 10.5 Å². The maximum Gasteiger partial charge on any atom is 0.264 e. The molecule has 1 aromatic heterocycles. The molecule has 0 bridgehead atoms. The van der Waals surface area contributed by atoms with Crippen molar-refractivity contribution in [3.05, 3.63) is 27.7 Å². The summed E-state index contributed by atoms with van der Waals surface area (Å²) < 4.78 is 34.5. The van der Waals surface area contributed by atoms with E-state index in [1.54, 1.807) is 11.3 Å². The first-order valence-electron chi connectivity index (χ1n) is 5.90. The smallest absolute Gasteiger partial charge is 0.264 e. The van der Waals surface area contributed by atoms with Gasteiger partial charge in [0, 0.05) is 23.9 Å². The Bertz CT molecular complexity index is 694. The second kappa shape index (κ2) is 5.87. The Morgan fingerprint density at radius 3 is 2.79 bits per heavy atom. The third-order valence-corrected chi connectivity index (χ3v) is 5.26. The highest BCUT2D eigenvalue weighted by Crippen LogP contribution is 2.23. The molecule has 7 heteroatoms. The van der Waals surface area contributed by atoms with E-state index in [0.29, 0.717) is 6.42 Å². The van der Waals surface area contributed by atoms with Crippen LogP contribution in [0.5, 0.6) is 0 Å². The maximum atomic E-state index is 10.7. The Labute approximate surface area is 125 Å². The van der Waals surface area contributed by atoms with Crippen LogP contribution in [0.4, 0.5) is 0 Å². The van der Waals surface area contributed by atoms with E-state index in [1.165, 1.54) is 9.71 Å². The van der Waals surface area contributed by atoms with Gasteiger partial charge in [-0.05, 0) is 18.6 Å². The van der Waals surface area contributed by atoms with Crippen LogP contribution in [0.1, 0.15) is 17.8 Å². The second-order valence-corrected chi connectivity index (χ2v) is 8.10. The summed E-state index contributed by atoms with van der Waals surface area (Å²) in [6, 6.07) is 6.16. The second-order valence-electron chi connectivity index (χ2n) is 4.38. The lowest BCUT2D eigenvalue weighted by Gasteiger charge is -1.98. The van der Waals surface area contributed by atoms with Gasteiger partial charge in [-0.2, -0.15) is 13.0 Å². The average Bonchev–Trinajstić information content (AvgIpc) is 2.59. The molecule has 4 nitrogen and oxygen atoms in total. The summed E-state index contributed by atoms with van der Waals surface area (Å²) in [5, 5.41) is 1.19. The van der Waals surface area contributed by atoms with Crippen molar-refractivity contribution >= 4 is 47.6 Å². The van der Waals surface area contributed by atoms with Gasteiger partial charge in [-0.1, -0.05) is 27.3 Å². The number of hydrogen-bond donors (Lipinski definition) is 1. The molecule has 0 atom stereocenters. The summed E-state index contributed by atoms with van der Waals surface area (Å²) >= 11 is 5.19. The van der Waals surface area contributed by atoms with Crippen molar-refractivity contribution in [1.82, 2.24) is 0 Å². The van der Waals surface area contributed by atoms with E-state index in [9.17, 15) is 8.42 Å². The fourth-order valence-corrected chi connectivity index (χ4v) is 3.95. The summed E-state index contributed by atoms with van der Waals surface area (Å²) in [4.78, 5) is 0. The van der Waals surface area contributed by atoms with Gasteiger partial charge in [-0.3, -0.25) is 4.55 Å². The van der Waals surface area contributed by atoms with Crippen LogP contribution in [-0.2, 0) is 16.7 Å². The maximum absolute atomic E-state index is 10.7. The monoisotopic (exact) mass is 364 g/mol. The number of benzene rings is 1. The predicted molar refractivity (Wildman–Crippen MR) is 80.1 cm³/mol. The summed E-state index contributed by atoms with van der Waals surface area (Å²) in [6.45, 7) is 2.82. The van der Waals surface area contributed by atoms with E-state index < -0.39 is 10.1 Å². The number of aryl methyl sites for hydroxylation is 2. The first-order valence-corrected chi connectivity index (χ1v) is 9.12. The standard InChI is InChI=1S/C12H14BrNO3S2/c1-9-14(6-2-3-7-19(15,16)17)11-8-10(13)4-5-12(11)18-9/h4-5,8H,2-3,6-7H2,1H3/p+1. The third kappa shape index (κ3) is 3.98. The minimum Gasteiger partial charge on any atom is -0.286 e. The molecule has 2 rings (SSSR count). The van der Waals surface area contributed by atoms with Gasteiger partial charge in [0.25, 0.3) is 10.1 Å². The molecule has 1 aromatic carbocycles. The molecule has 0 saturated heterocycles. The normalized spacial score (nSPS) is 12.2. The molecule has 0 fully saturated rings. The average molecular weight is 365 g/mol. The van der Waals surface area contributed by atoms with Crippen LogP contribution in [-0.4, -0.2) is 18.7 Å².